The van der Waals surface area contributed by atoms with E-state index in [0.717, 1.165) is 12.1 Å². The molecule has 1 aromatic carbocycles. The summed E-state index contributed by atoms with van der Waals surface area (Å²) in [6, 6.07) is 2.04. The van der Waals surface area contributed by atoms with Crippen molar-refractivity contribution in [2.75, 3.05) is 0 Å². The Morgan fingerprint density at radius 2 is 1.54 bits per heavy atom. The lowest BCUT2D eigenvalue weighted by molar-refractivity contribution is -0.00678. The number of rotatable bonds is 3. The molecule has 0 atom stereocenters. The van der Waals surface area contributed by atoms with Crippen LogP contribution in [0.4, 0.5) is 8.78 Å². The maximum absolute atomic E-state index is 14.7. The second-order valence-corrected chi connectivity index (χ2v) is 8.86. The number of piperidine rings is 1. The highest BCUT2D eigenvalue weighted by Gasteiger charge is 2.39. The summed E-state index contributed by atoms with van der Waals surface area (Å²) in [7, 11) is 0. The Balaban J connectivity index is 1.80. The van der Waals surface area contributed by atoms with Gasteiger partial charge in [0.15, 0.2) is 0 Å². The van der Waals surface area contributed by atoms with E-state index >= 15 is 0 Å². The minimum atomic E-state index is -0.824. The summed E-state index contributed by atoms with van der Waals surface area (Å²) in [5.41, 5.74) is -0.608. The molecule has 1 saturated heterocycles. The summed E-state index contributed by atoms with van der Waals surface area (Å²) in [6.07, 6.45) is 11.6. The van der Waals surface area contributed by atoms with Gasteiger partial charge < -0.3 is 10.1 Å². The van der Waals surface area contributed by atoms with Gasteiger partial charge in [0.1, 0.15) is 17.7 Å². The molecule has 2 aliphatic rings. The first kappa shape index (κ1) is 20.5. The second kappa shape index (κ2) is 7.63. The van der Waals surface area contributed by atoms with Gasteiger partial charge in [-0.3, -0.25) is 0 Å². The van der Waals surface area contributed by atoms with E-state index in [9.17, 15) is 13.6 Å². The fourth-order valence-electron chi connectivity index (χ4n) is 4.27. The van der Waals surface area contributed by atoms with Crippen molar-refractivity contribution in [1.82, 2.24) is 5.32 Å². The number of ether oxygens (including phenoxy) is 1. The van der Waals surface area contributed by atoms with Crippen molar-refractivity contribution in [2.45, 2.75) is 63.6 Å². The van der Waals surface area contributed by atoms with Crippen LogP contribution < -0.4 is 5.32 Å². The third-order valence-electron chi connectivity index (χ3n) is 5.06. The highest BCUT2D eigenvalue weighted by molar-refractivity contribution is 5.90. The number of hydrogen-bond acceptors (Lipinski definition) is 3. The Hall–Kier alpha value is -2.27. The summed E-state index contributed by atoms with van der Waals surface area (Å²) in [5.74, 6) is -2.61. The lowest BCUT2D eigenvalue weighted by Crippen LogP contribution is -2.59. The molecule has 0 amide bonds. The van der Waals surface area contributed by atoms with Crippen molar-refractivity contribution >= 4 is 5.97 Å². The first-order chi connectivity index (χ1) is 13.1. The van der Waals surface area contributed by atoms with Crippen molar-refractivity contribution < 1.29 is 18.3 Å². The van der Waals surface area contributed by atoms with Crippen molar-refractivity contribution in [3.8, 4) is 0 Å². The van der Waals surface area contributed by atoms with Crippen molar-refractivity contribution in [1.29, 1.82) is 0 Å². The zero-order chi connectivity index (χ0) is 20.5. The summed E-state index contributed by atoms with van der Waals surface area (Å²) in [5, 5.41) is 3.50. The molecule has 0 unspecified atom stereocenters. The van der Waals surface area contributed by atoms with E-state index in [4.69, 9.17) is 4.74 Å². The second-order valence-electron chi connectivity index (χ2n) is 8.86. The summed E-state index contributed by atoms with van der Waals surface area (Å²) in [6.45, 7) is 8.14. The van der Waals surface area contributed by atoms with E-state index in [1.807, 2.05) is 39.8 Å². The molecular formula is C23H27F2NO2. The van der Waals surface area contributed by atoms with E-state index in [0.29, 0.717) is 12.8 Å². The molecule has 0 aromatic heterocycles. The number of halogens is 2. The van der Waals surface area contributed by atoms with Crippen molar-refractivity contribution in [3.05, 3.63) is 71.4 Å². The minimum absolute atomic E-state index is 0.189. The summed E-state index contributed by atoms with van der Waals surface area (Å²) in [4.78, 5) is 12.6. The Bertz CT molecular complexity index is 820. The van der Waals surface area contributed by atoms with Gasteiger partial charge in [0.05, 0.1) is 5.56 Å². The predicted octanol–water partition coefficient (Wildman–Crippen LogP) is 5.20. The fourth-order valence-corrected chi connectivity index (χ4v) is 4.27. The topological polar surface area (TPSA) is 38.3 Å². The largest absolute Gasteiger partial charge is 0.459 e. The number of allylic oxidation sites excluding steroid dienone is 6. The molecule has 1 fully saturated rings. The lowest BCUT2D eigenvalue weighted by atomic mass is 9.81. The van der Waals surface area contributed by atoms with E-state index in [1.165, 1.54) is 0 Å². The van der Waals surface area contributed by atoms with Gasteiger partial charge in [-0.2, -0.15) is 0 Å². The zero-order valence-electron chi connectivity index (χ0n) is 16.8. The zero-order valence-corrected chi connectivity index (χ0v) is 16.8. The molecule has 0 saturated carbocycles. The van der Waals surface area contributed by atoms with E-state index < -0.39 is 17.6 Å². The Kier molecular flexibility index (Phi) is 5.57. The molecule has 3 rings (SSSR count). The number of carbonyl (C=O) groups is 1. The van der Waals surface area contributed by atoms with Gasteiger partial charge in [-0.15, -0.1) is 0 Å². The maximum atomic E-state index is 14.7. The SMILES string of the molecule is CC1(C)CC(OC(=O)c2cc(F)c(C3C=CC=CC=C3)cc2F)CC(C)(C)N1. The van der Waals surface area contributed by atoms with Crippen LogP contribution in [0.1, 0.15) is 62.4 Å². The van der Waals surface area contributed by atoms with Gasteiger partial charge in [-0.05, 0) is 39.8 Å². The molecule has 1 heterocycles. The first-order valence-electron chi connectivity index (χ1n) is 9.57. The van der Waals surface area contributed by atoms with Crippen molar-refractivity contribution in [3.63, 3.8) is 0 Å². The minimum Gasteiger partial charge on any atom is -0.459 e. The molecule has 1 aliphatic heterocycles. The molecular weight excluding hydrogens is 360 g/mol. The monoisotopic (exact) mass is 387 g/mol. The molecule has 28 heavy (non-hydrogen) atoms. The van der Waals surface area contributed by atoms with Gasteiger partial charge in [0.25, 0.3) is 0 Å². The smallest absolute Gasteiger partial charge is 0.341 e. The van der Waals surface area contributed by atoms with Crippen LogP contribution in [0.2, 0.25) is 0 Å². The average molecular weight is 387 g/mol. The fraction of sp³-hybridized carbons (Fsp3) is 0.435. The molecule has 5 heteroatoms. The Morgan fingerprint density at radius 1 is 0.964 bits per heavy atom. The molecule has 0 spiro atoms. The highest BCUT2D eigenvalue weighted by Crippen LogP contribution is 2.32. The summed E-state index contributed by atoms with van der Waals surface area (Å²) >= 11 is 0. The molecule has 0 radical (unpaired) electrons. The molecule has 1 aliphatic carbocycles. The number of hydrogen-bond donors (Lipinski definition) is 1. The summed E-state index contributed by atoms with van der Waals surface area (Å²) < 4.78 is 34.9. The first-order valence-corrected chi connectivity index (χ1v) is 9.57. The average Bonchev–Trinajstić information content (AvgIpc) is 2.82. The van der Waals surface area contributed by atoms with Gasteiger partial charge >= 0.3 is 5.97 Å². The molecule has 1 N–H and O–H groups in total. The van der Waals surface area contributed by atoms with Crippen LogP contribution >= 0.6 is 0 Å². The van der Waals surface area contributed by atoms with Gasteiger partial charge in [0.2, 0.25) is 0 Å². The number of esters is 1. The van der Waals surface area contributed by atoms with Gasteiger partial charge in [-0.1, -0.05) is 36.5 Å². The van der Waals surface area contributed by atoms with Gasteiger partial charge in [-0.25, -0.2) is 13.6 Å². The molecule has 1 aromatic rings. The standard InChI is InChI=1S/C23H27F2NO2/c1-22(2)13-16(14-23(3,4)26-22)28-21(27)18-12-19(24)17(11-20(18)25)15-9-7-5-6-8-10-15/h5-12,15-16,26H,13-14H2,1-4H3. The predicted molar refractivity (Wildman–Crippen MR) is 106 cm³/mol. The van der Waals surface area contributed by atoms with Crippen LogP contribution in [0.15, 0.2) is 48.6 Å². The Morgan fingerprint density at radius 3 is 2.11 bits per heavy atom. The maximum Gasteiger partial charge on any atom is 0.341 e. The Labute approximate surface area is 165 Å². The van der Waals surface area contributed by atoms with Crippen LogP contribution in [0.25, 0.3) is 0 Å². The van der Waals surface area contributed by atoms with E-state index in [1.54, 1.807) is 24.3 Å². The van der Waals surface area contributed by atoms with Gasteiger partial charge in [0, 0.05) is 35.4 Å². The van der Waals surface area contributed by atoms with Crippen LogP contribution in [-0.2, 0) is 4.74 Å². The highest BCUT2D eigenvalue weighted by atomic mass is 19.1. The number of nitrogens with one attached hydrogen (secondary N) is 1. The van der Waals surface area contributed by atoms with E-state index in [2.05, 4.69) is 5.32 Å². The number of benzene rings is 1. The lowest BCUT2D eigenvalue weighted by Gasteiger charge is -2.45. The molecule has 3 nitrogen and oxygen atoms in total. The van der Waals surface area contributed by atoms with Crippen LogP contribution in [-0.4, -0.2) is 23.2 Å². The quantitative estimate of drug-likeness (QED) is 0.725. The molecule has 0 bridgehead atoms. The third kappa shape index (κ3) is 4.76. The number of carbonyl (C=O) groups excluding carboxylic acids is 1. The van der Waals surface area contributed by atoms with Crippen LogP contribution in [0, 0.1) is 11.6 Å². The molecule has 150 valence electrons. The van der Waals surface area contributed by atoms with Crippen LogP contribution in [0.5, 0.6) is 0 Å². The normalized spacial score (nSPS) is 21.5. The van der Waals surface area contributed by atoms with Crippen LogP contribution in [0.3, 0.4) is 0 Å². The van der Waals surface area contributed by atoms with E-state index in [-0.39, 0.29) is 34.2 Å². The van der Waals surface area contributed by atoms with Crippen molar-refractivity contribution in [2.24, 2.45) is 0 Å². The third-order valence-corrected chi connectivity index (χ3v) is 5.06.